The molecular weight excluding hydrogens is 247 g/mol. The highest BCUT2D eigenvalue weighted by molar-refractivity contribution is 6.30. The minimum Gasteiger partial charge on any atom is -0.481 e. The first-order chi connectivity index (χ1) is 7.91. The fourth-order valence-electron chi connectivity index (χ4n) is 1.58. The minimum atomic E-state index is -1.34. The Morgan fingerprint density at radius 2 is 2.24 bits per heavy atom. The van der Waals surface area contributed by atoms with E-state index in [1.165, 1.54) is 32.2 Å². The fraction of sp³-hybridized carbons (Fsp3) is 0.417. The van der Waals surface area contributed by atoms with Gasteiger partial charge in [0.25, 0.3) is 0 Å². The molecule has 0 aliphatic rings. The third-order valence-corrected chi connectivity index (χ3v) is 3.04. The van der Waals surface area contributed by atoms with Gasteiger partial charge in [-0.1, -0.05) is 11.6 Å². The van der Waals surface area contributed by atoms with Crippen LogP contribution in [0.4, 0.5) is 4.39 Å². The van der Waals surface area contributed by atoms with Gasteiger partial charge in [0, 0.05) is 24.3 Å². The van der Waals surface area contributed by atoms with E-state index in [9.17, 15) is 14.3 Å². The molecule has 0 saturated carbocycles. The average molecular weight is 261 g/mol. The topological polar surface area (TPSA) is 46.5 Å². The molecule has 0 spiro atoms. The Morgan fingerprint density at radius 3 is 2.76 bits per heavy atom. The van der Waals surface area contributed by atoms with Crippen molar-refractivity contribution < 1.29 is 19.0 Å². The van der Waals surface area contributed by atoms with E-state index in [4.69, 9.17) is 16.3 Å². The van der Waals surface area contributed by atoms with Crippen LogP contribution in [-0.2, 0) is 14.9 Å². The number of aliphatic carboxylic acids is 1. The van der Waals surface area contributed by atoms with Crippen molar-refractivity contribution in [2.45, 2.75) is 18.8 Å². The smallest absolute Gasteiger partial charge is 0.314 e. The summed E-state index contributed by atoms with van der Waals surface area (Å²) in [6, 6.07) is 3.91. The van der Waals surface area contributed by atoms with E-state index in [1.807, 2.05) is 0 Å². The zero-order chi connectivity index (χ0) is 13.1. The molecular formula is C12H14ClFO3. The molecule has 17 heavy (non-hydrogen) atoms. The molecule has 0 saturated heterocycles. The second-order valence-electron chi connectivity index (χ2n) is 4.00. The highest BCUT2D eigenvalue weighted by Crippen LogP contribution is 2.32. The lowest BCUT2D eigenvalue weighted by molar-refractivity contribution is -0.144. The summed E-state index contributed by atoms with van der Waals surface area (Å²) in [4.78, 5) is 11.3. The number of carboxylic acid groups (broad SMARTS) is 1. The van der Waals surface area contributed by atoms with Crippen LogP contribution >= 0.6 is 11.6 Å². The SMILES string of the molecule is COCCC(C)(C(=O)O)c1cc(Cl)ccc1F. The van der Waals surface area contributed by atoms with Gasteiger partial charge in [0.05, 0.1) is 5.41 Å². The first-order valence-electron chi connectivity index (χ1n) is 5.09. The van der Waals surface area contributed by atoms with Crippen LogP contribution in [0.15, 0.2) is 18.2 Å². The Balaban J connectivity index is 3.21. The van der Waals surface area contributed by atoms with Gasteiger partial charge in [-0.2, -0.15) is 0 Å². The van der Waals surface area contributed by atoms with Crippen molar-refractivity contribution in [3.05, 3.63) is 34.6 Å². The Hall–Kier alpha value is -1.13. The monoisotopic (exact) mass is 260 g/mol. The molecule has 5 heteroatoms. The quantitative estimate of drug-likeness (QED) is 0.886. The normalized spacial score (nSPS) is 14.4. The van der Waals surface area contributed by atoms with Crippen LogP contribution in [0.25, 0.3) is 0 Å². The Kier molecular flexibility index (Phi) is 4.48. The highest BCUT2D eigenvalue weighted by Gasteiger charge is 2.37. The third-order valence-electron chi connectivity index (χ3n) is 2.80. The Bertz CT molecular complexity index is 422. The summed E-state index contributed by atoms with van der Waals surface area (Å²) >= 11 is 5.77. The summed E-state index contributed by atoms with van der Waals surface area (Å²) in [6.45, 7) is 1.69. The maximum Gasteiger partial charge on any atom is 0.314 e. The molecule has 0 bridgehead atoms. The van der Waals surface area contributed by atoms with E-state index in [0.29, 0.717) is 5.02 Å². The molecule has 0 aliphatic carbocycles. The van der Waals surface area contributed by atoms with E-state index in [1.54, 1.807) is 0 Å². The molecule has 3 nitrogen and oxygen atoms in total. The van der Waals surface area contributed by atoms with E-state index in [2.05, 4.69) is 0 Å². The van der Waals surface area contributed by atoms with Crippen molar-refractivity contribution in [3.63, 3.8) is 0 Å². The second kappa shape index (κ2) is 5.47. The molecule has 1 N–H and O–H groups in total. The van der Waals surface area contributed by atoms with E-state index < -0.39 is 17.2 Å². The second-order valence-corrected chi connectivity index (χ2v) is 4.44. The molecule has 94 valence electrons. The number of hydrogen-bond donors (Lipinski definition) is 1. The zero-order valence-electron chi connectivity index (χ0n) is 9.67. The van der Waals surface area contributed by atoms with Gasteiger partial charge in [0.2, 0.25) is 0 Å². The van der Waals surface area contributed by atoms with Crippen LogP contribution in [0.3, 0.4) is 0 Å². The van der Waals surface area contributed by atoms with Crippen LogP contribution in [0, 0.1) is 5.82 Å². The Morgan fingerprint density at radius 1 is 1.59 bits per heavy atom. The number of ether oxygens (including phenoxy) is 1. The number of carboxylic acids is 1. The zero-order valence-corrected chi connectivity index (χ0v) is 10.4. The summed E-state index contributed by atoms with van der Waals surface area (Å²) < 4.78 is 18.6. The molecule has 0 aromatic heterocycles. The lowest BCUT2D eigenvalue weighted by Gasteiger charge is -2.25. The van der Waals surface area contributed by atoms with E-state index >= 15 is 0 Å². The summed E-state index contributed by atoms with van der Waals surface area (Å²) in [6.07, 6.45) is 0.177. The summed E-state index contributed by atoms with van der Waals surface area (Å²) in [7, 11) is 1.47. The van der Waals surface area contributed by atoms with Crippen LogP contribution < -0.4 is 0 Å². The first kappa shape index (κ1) is 13.9. The summed E-state index contributed by atoms with van der Waals surface area (Å²) in [5, 5.41) is 9.57. The number of rotatable bonds is 5. The fourth-order valence-corrected chi connectivity index (χ4v) is 1.76. The van der Waals surface area contributed by atoms with Gasteiger partial charge in [-0.05, 0) is 31.5 Å². The van der Waals surface area contributed by atoms with Gasteiger partial charge in [-0.25, -0.2) is 4.39 Å². The largest absolute Gasteiger partial charge is 0.481 e. The van der Waals surface area contributed by atoms with Gasteiger partial charge >= 0.3 is 5.97 Å². The van der Waals surface area contributed by atoms with Crippen molar-refractivity contribution in [3.8, 4) is 0 Å². The van der Waals surface area contributed by atoms with Crippen LogP contribution in [0.2, 0.25) is 5.02 Å². The number of benzene rings is 1. The van der Waals surface area contributed by atoms with Gasteiger partial charge < -0.3 is 9.84 Å². The highest BCUT2D eigenvalue weighted by atomic mass is 35.5. The number of carbonyl (C=O) groups is 1. The number of halogens is 2. The maximum absolute atomic E-state index is 13.7. The summed E-state index contributed by atoms with van der Waals surface area (Å²) in [5.74, 6) is -1.67. The van der Waals surface area contributed by atoms with E-state index in [-0.39, 0.29) is 18.6 Å². The molecule has 0 amide bonds. The molecule has 0 fully saturated rings. The van der Waals surface area contributed by atoms with Gasteiger partial charge in [-0.15, -0.1) is 0 Å². The van der Waals surface area contributed by atoms with Crippen LogP contribution in [-0.4, -0.2) is 24.8 Å². The Labute approximate surface area is 104 Å². The predicted octanol–water partition coefficient (Wildman–Crippen LogP) is 2.86. The molecule has 0 aliphatic heterocycles. The molecule has 1 unspecified atom stereocenters. The lowest BCUT2D eigenvalue weighted by atomic mass is 9.79. The van der Waals surface area contributed by atoms with Gasteiger partial charge in [-0.3, -0.25) is 4.79 Å². The van der Waals surface area contributed by atoms with Crippen molar-refractivity contribution in [2.75, 3.05) is 13.7 Å². The average Bonchev–Trinajstić information content (AvgIpc) is 2.29. The van der Waals surface area contributed by atoms with Crippen LogP contribution in [0.5, 0.6) is 0 Å². The number of methoxy groups -OCH3 is 1. The van der Waals surface area contributed by atoms with Crippen molar-refractivity contribution in [2.24, 2.45) is 0 Å². The third kappa shape index (κ3) is 2.96. The predicted molar refractivity (Wildman–Crippen MR) is 62.9 cm³/mol. The van der Waals surface area contributed by atoms with E-state index in [0.717, 1.165) is 0 Å². The number of hydrogen-bond acceptors (Lipinski definition) is 2. The molecule has 1 aromatic rings. The molecule has 1 atom stereocenters. The molecule has 0 heterocycles. The maximum atomic E-state index is 13.7. The molecule has 0 radical (unpaired) electrons. The van der Waals surface area contributed by atoms with Crippen LogP contribution in [0.1, 0.15) is 18.9 Å². The van der Waals surface area contributed by atoms with Crippen molar-refractivity contribution in [1.29, 1.82) is 0 Å². The standard InChI is InChI=1S/C12H14ClFO3/c1-12(11(15)16,5-6-17-2)9-7-8(13)3-4-10(9)14/h3-4,7H,5-6H2,1-2H3,(H,15,16). The van der Waals surface area contributed by atoms with Crippen molar-refractivity contribution in [1.82, 2.24) is 0 Å². The minimum absolute atomic E-state index is 0.0783. The van der Waals surface area contributed by atoms with Gasteiger partial charge in [0.1, 0.15) is 5.82 Å². The summed E-state index contributed by atoms with van der Waals surface area (Å²) in [5.41, 5.74) is -1.26. The lowest BCUT2D eigenvalue weighted by Crippen LogP contribution is -2.34. The molecule has 1 rings (SSSR count). The van der Waals surface area contributed by atoms with Crippen molar-refractivity contribution >= 4 is 17.6 Å². The first-order valence-corrected chi connectivity index (χ1v) is 5.47. The van der Waals surface area contributed by atoms with Gasteiger partial charge in [0.15, 0.2) is 0 Å². The molecule has 1 aromatic carbocycles.